The SMILES string of the molecule is COc1cc2c3c(c4c(O)c2c2c1C=CC(c1c[nH]c5ccccc15)OCC1OC(O2)C(O)C(OC#CCc2cccc5c2CN(CC4=O)C5=O)C1O)C1CCCC1CC3. The number of aryl methyl sites for hydroxylation is 1. The molecule has 12 heteroatoms. The van der Waals surface area contributed by atoms with Gasteiger partial charge in [-0.05, 0) is 89.4 Å². The minimum Gasteiger partial charge on any atom is -0.506 e. The number of carbonyl (C=O) groups is 2. The first kappa shape index (κ1) is 37.2. The average molecular weight is 809 g/mol. The quantitative estimate of drug-likeness (QED) is 0.151. The standard InChI is InChI=1S/C48H44N2O10/c1-56-37-19-31-28-15-14-25-8-4-11-26(25)39(28)41-35(51)22-50-21-33-24(7-5-12-29(33)47(50)55)9-6-18-57-46-42(52)38-23-58-36(32-20-49-34-13-3-2-10-27(32)34)17-16-30(37)45(40(31)43(41)53)60-48(59-38)44(46)54/h2-3,5,7,10,12-13,16-17,19-20,25-26,36,38,42,44,46,48-49,52-54H,4,8-9,11,14-15,21-23H2,1H3. The van der Waals surface area contributed by atoms with E-state index in [1.165, 1.54) is 0 Å². The van der Waals surface area contributed by atoms with Crippen LogP contribution in [0.4, 0.5) is 0 Å². The van der Waals surface area contributed by atoms with Gasteiger partial charge in [-0.1, -0.05) is 48.7 Å². The number of aliphatic hydroxyl groups excluding tert-OH is 2. The van der Waals surface area contributed by atoms with E-state index in [-0.39, 0.29) is 66.2 Å². The number of fused-ring (bicyclic) bond motifs is 10. The van der Waals surface area contributed by atoms with E-state index >= 15 is 4.79 Å². The molecule has 1 saturated carbocycles. The molecule has 60 heavy (non-hydrogen) atoms. The Hall–Kier alpha value is -5.84. The fraction of sp³-hybridized carbons (Fsp3) is 0.375. The zero-order chi connectivity index (χ0) is 40.8. The number of rotatable bonds is 2. The second-order valence-corrected chi connectivity index (χ2v) is 16.8. The summed E-state index contributed by atoms with van der Waals surface area (Å²) in [5, 5.41) is 38.4. The van der Waals surface area contributed by atoms with Gasteiger partial charge in [-0.15, -0.1) is 0 Å². The molecule has 2 fully saturated rings. The molecule has 6 aliphatic rings. The number of methoxy groups -OCH3 is 1. The number of Topliss-reactive ketones (excluding diaryl/α,β-unsaturated/α-hetero) is 1. The molecule has 4 aliphatic heterocycles. The van der Waals surface area contributed by atoms with E-state index in [0.717, 1.165) is 64.4 Å². The molecule has 306 valence electrons. The number of aliphatic hydroxyl groups is 2. The van der Waals surface area contributed by atoms with Crippen molar-refractivity contribution in [1.82, 2.24) is 9.88 Å². The van der Waals surface area contributed by atoms with Crippen LogP contribution in [0.25, 0.3) is 27.8 Å². The van der Waals surface area contributed by atoms with Gasteiger partial charge in [0, 0.05) is 41.2 Å². The summed E-state index contributed by atoms with van der Waals surface area (Å²) in [6.07, 6.45) is 5.50. The van der Waals surface area contributed by atoms with Crippen molar-refractivity contribution in [3.8, 4) is 29.3 Å². The van der Waals surface area contributed by atoms with Crippen molar-refractivity contribution in [3.63, 3.8) is 0 Å². The summed E-state index contributed by atoms with van der Waals surface area (Å²) >= 11 is 0. The first-order chi connectivity index (χ1) is 29.3. The number of aromatic hydroxyl groups is 1. The van der Waals surface area contributed by atoms with E-state index in [2.05, 4.69) is 17.0 Å². The number of nitrogens with one attached hydrogen (secondary N) is 1. The first-order valence-corrected chi connectivity index (χ1v) is 20.8. The Labute approximate surface area is 345 Å². The number of para-hydroxylation sites is 1. The van der Waals surface area contributed by atoms with Crippen molar-refractivity contribution >= 4 is 39.4 Å². The van der Waals surface area contributed by atoms with Gasteiger partial charge in [0.25, 0.3) is 5.91 Å². The van der Waals surface area contributed by atoms with Crippen molar-refractivity contribution in [2.75, 3.05) is 20.3 Å². The molecule has 12 nitrogen and oxygen atoms in total. The number of H-pyrrole nitrogens is 1. The molecule has 4 N–H and O–H groups in total. The van der Waals surface area contributed by atoms with Gasteiger partial charge in [0.1, 0.15) is 41.7 Å². The van der Waals surface area contributed by atoms with Crippen molar-refractivity contribution in [2.45, 2.75) is 87.8 Å². The number of benzene rings is 4. The summed E-state index contributed by atoms with van der Waals surface area (Å²) < 4.78 is 31.9. The number of ether oxygens (including phenoxy) is 5. The minimum absolute atomic E-state index is 0.0549. The van der Waals surface area contributed by atoms with Gasteiger partial charge in [0.05, 0.1) is 36.8 Å². The lowest BCUT2D eigenvalue weighted by Gasteiger charge is -2.41. The summed E-state index contributed by atoms with van der Waals surface area (Å²) in [6.45, 7) is -0.149. The highest BCUT2D eigenvalue weighted by molar-refractivity contribution is 6.13. The zero-order valence-electron chi connectivity index (χ0n) is 33.0. The Morgan fingerprint density at radius 1 is 0.983 bits per heavy atom. The number of ketones is 1. The smallest absolute Gasteiger partial charge is 0.254 e. The predicted molar refractivity (Wildman–Crippen MR) is 220 cm³/mol. The Bertz CT molecular complexity index is 2710. The number of phenols is 1. The monoisotopic (exact) mass is 808 g/mol. The van der Waals surface area contributed by atoms with E-state index < -0.39 is 36.8 Å². The summed E-state index contributed by atoms with van der Waals surface area (Å²) in [4.78, 5) is 33.8. The molecule has 4 aromatic carbocycles. The molecule has 8 bridgehead atoms. The molecular weight excluding hydrogens is 765 g/mol. The van der Waals surface area contributed by atoms with E-state index in [0.29, 0.717) is 34.6 Å². The van der Waals surface area contributed by atoms with Crippen molar-refractivity contribution < 1.29 is 48.6 Å². The summed E-state index contributed by atoms with van der Waals surface area (Å²) in [6, 6.07) is 15.2. The zero-order valence-corrected chi connectivity index (χ0v) is 33.0. The van der Waals surface area contributed by atoms with Crippen LogP contribution in [0.15, 0.2) is 60.8 Å². The number of aromatic amines is 1. The maximum Gasteiger partial charge on any atom is 0.254 e. The maximum atomic E-state index is 15.0. The van der Waals surface area contributed by atoms with Gasteiger partial charge in [-0.2, -0.15) is 0 Å². The van der Waals surface area contributed by atoms with E-state index in [1.807, 2.05) is 48.7 Å². The third kappa shape index (κ3) is 5.74. The molecule has 0 spiro atoms. The lowest BCUT2D eigenvalue weighted by Crippen LogP contribution is -2.60. The molecule has 0 radical (unpaired) electrons. The summed E-state index contributed by atoms with van der Waals surface area (Å²) in [5.74, 6) is 3.08. The van der Waals surface area contributed by atoms with Crippen LogP contribution in [0.2, 0.25) is 0 Å². The molecule has 1 saturated heterocycles. The fourth-order valence-corrected chi connectivity index (χ4v) is 10.8. The van der Waals surface area contributed by atoms with Gasteiger partial charge >= 0.3 is 0 Å². The predicted octanol–water partition coefficient (Wildman–Crippen LogP) is 6.22. The van der Waals surface area contributed by atoms with Crippen LogP contribution in [-0.2, 0) is 33.6 Å². The number of carbonyl (C=O) groups excluding carboxylic acids is 2. The minimum atomic E-state index is -1.57. The van der Waals surface area contributed by atoms with Gasteiger partial charge < -0.3 is 48.9 Å². The van der Waals surface area contributed by atoms with Crippen LogP contribution in [0, 0.1) is 17.9 Å². The van der Waals surface area contributed by atoms with Crippen LogP contribution < -0.4 is 9.47 Å². The Balaban J connectivity index is 1.17. The topological polar surface area (TPSA) is 160 Å². The first-order valence-electron chi connectivity index (χ1n) is 20.8. The van der Waals surface area contributed by atoms with Gasteiger partial charge in [-0.3, -0.25) is 9.59 Å². The largest absolute Gasteiger partial charge is 0.506 e. The molecule has 5 aromatic rings. The van der Waals surface area contributed by atoms with Crippen LogP contribution in [0.3, 0.4) is 0 Å². The van der Waals surface area contributed by atoms with Crippen LogP contribution >= 0.6 is 0 Å². The lowest BCUT2D eigenvalue weighted by molar-refractivity contribution is -0.279. The second-order valence-electron chi connectivity index (χ2n) is 16.8. The normalized spacial score (nSPS) is 28.1. The highest BCUT2D eigenvalue weighted by Gasteiger charge is 2.49. The third-order valence-corrected chi connectivity index (χ3v) is 13.7. The maximum absolute atomic E-state index is 15.0. The number of hydrogen-bond acceptors (Lipinski definition) is 10. The summed E-state index contributed by atoms with van der Waals surface area (Å²) in [7, 11) is 1.56. The average Bonchev–Trinajstić information content (AvgIpc) is 3.99. The molecule has 11 rings (SSSR count). The van der Waals surface area contributed by atoms with E-state index in [1.54, 1.807) is 30.2 Å². The molecule has 8 atom stereocenters. The molecule has 8 unspecified atom stereocenters. The lowest BCUT2D eigenvalue weighted by atomic mass is 9.72. The highest BCUT2D eigenvalue weighted by Crippen LogP contribution is 2.55. The third-order valence-electron chi connectivity index (χ3n) is 13.7. The van der Waals surface area contributed by atoms with Crippen molar-refractivity contribution in [2.24, 2.45) is 5.92 Å². The number of aromatic nitrogens is 1. The van der Waals surface area contributed by atoms with Crippen molar-refractivity contribution in [3.05, 3.63) is 105 Å². The van der Waals surface area contributed by atoms with E-state index in [4.69, 9.17) is 23.7 Å². The highest BCUT2D eigenvalue weighted by atomic mass is 16.7. The number of amides is 1. The van der Waals surface area contributed by atoms with Gasteiger partial charge in [0.15, 0.2) is 18.0 Å². The molecule has 1 amide bonds. The van der Waals surface area contributed by atoms with Crippen LogP contribution in [-0.4, -0.2) is 87.9 Å². The van der Waals surface area contributed by atoms with Crippen molar-refractivity contribution in [1.29, 1.82) is 0 Å². The Morgan fingerprint density at radius 2 is 1.87 bits per heavy atom. The van der Waals surface area contributed by atoms with Crippen LogP contribution in [0.5, 0.6) is 17.2 Å². The molecule has 2 aliphatic carbocycles. The fourth-order valence-electron chi connectivity index (χ4n) is 10.8. The van der Waals surface area contributed by atoms with Crippen LogP contribution in [0.1, 0.15) is 91.8 Å². The number of hydrogen-bond donors (Lipinski definition) is 4. The van der Waals surface area contributed by atoms with Gasteiger partial charge in [0.2, 0.25) is 6.29 Å². The molecule has 5 heterocycles. The Kier molecular flexibility index (Phi) is 8.93. The molecular formula is C48H44N2O10. The van der Waals surface area contributed by atoms with E-state index in [9.17, 15) is 20.1 Å². The number of phenolic OH excluding ortho intramolecular Hbond substituents is 1. The molecule has 1 aromatic heterocycles. The van der Waals surface area contributed by atoms with Gasteiger partial charge in [-0.25, -0.2) is 0 Å². The summed E-state index contributed by atoms with van der Waals surface area (Å²) in [5.41, 5.74) is 6.18. The second kappa shape index (κ2) is 14.4. The Morgan fingerprint density at radius 3 is 2.75 bits per heavy atom. The number of nitrogens with zero attached hydrogens (tertiary/aromatic N) is 1.